The molecule has 0 bridgehead atoms. The van der Waals surface area contributed by atoms with Crippen molar-refractivity contribution in [3.63, 3.8) is 0 Å². The number of benzene rings is 3. The summed E-state index contributed by atoms with van der Waals surface area (Å²) >= 11 is 0. The summed E-state index contributed by atoms with van der Waals surface area (Å²) < 4.78 is 22.9. The Morgan fingerprint density at radius 3 is 2.50 bits per heavy atom. The lowest BCUT2D eigenvalue weighted by Gasteiger charge is -2.25. The molecule has 1 atom stereocenters. The molecular weight excluding hydrogens is 458 g/mol. The van der Waals surface area contributed by atoms with Gasteiger partial charge in [0, 0.05) is 13.7 Å². The summed E-state index contributed by atoms with van der Waals surface area (Å²) in [4.78, 5) is 28.7. The molecule has 0 saturated heterocycles. The van der Waals surface area contributed by atoms with Gasteiger partial charge < -0.3 is 23.5 Å². The summed E-state index contributed by atoms with van der Waals surface area (Å²) in [6, 6.07) is 20.1. The van der Waals surface area contributed by atoms with Crippen LogP contribution < -0.4 is 14.9 Å². The summed E-state index contributed by atoms with van der Waals surface area (Å²) in [5, 5.41) is 0.454. The highest BCUT2D eigenvalue weighted by atomic mass is 16.5. The van der Waals surface area contributed by atoms with Crippen molar-refractivity contribution in [1.29, 1.82) is 0 Å². The van der Waals surface area contributed by atoms with E-state index in [0.29, 0.717) is 47.8 Å². The molecule has 7 heteroatoms. The van der Waals surface area contributed by atoms with Gasteiger partial charge in [-0.2, -0.15) is 0 Å². The van der Waals surface area contributed by atoms with Gasteiger partial charge in [0.25, 0.3) is 5.91 Å². The topological polar surface area (TPSA) is 78.2 Å². The predicted molar refractivity (Wildman–Crippen MR) is 136 cm³/mol. The predicted octanol–water partition coefficient (Wildman–Crippen LogP) is 4.88. The minimum Gasteiger partial charge on any atom is -0.493 e. The number of fused-ring (bicyclic) bond motifs is 2. The van der Waals surface area contributed by atoms with Crippen molar-refractivity contribution in [3.8, 4) is 11.5 Å². The summed E-state index contributed by atoms with van der Waals surface area (Å²) in [6.07, 6.45) is 0. The van der Waals surface area contributed by atoms with Crippen molar-refractivity contribution in [2.45, 2.75) is 19.6 Å². The highest BCUT2D eigenvalue weighted by Gasteiger charge is 2.42. The van der Waals surface area contributed by atoms with Crippen LogP contribution in [-0.4, -0.2) is 38.2 Å². The van der Waals surface area contributed by atoms with Crippen molar-refractivity contribution < 1.29 is 23.4 Å². The molecule has 1 unspecified atom stereocenters. The number of aryl methyl sites for hydroxylation is 1. The van der Waals surface area contributed by atoms with Crippen LogP contribution in [0.3, 0.4) is 0 Å². The Labute approximate surface area is 208 Å². The number of hydrogen-bond acceptors (Lipinski definition) is 6. The van der Waals surface area contributed by atoms with E-state index in [-0.39, 0.29) is 17.1 Å². The normalized spacial score (nSPS) is 14.8. The summed E-state index contributed by atoms with van der Waals surface area (Å²) in [5.41, 5.74) is 3.21. The van der Waals surface area contributed by atoms with Gasteiger partial charge in [-0.1, -0.05) is 48.0 Å². The molecule has 0 spiro atoms. The van der Waals surface area contributed by atoms with E-state index in [2.05, 4.69) is 0 Å². The molecule has 184 valence electrons. The number of amides is 1. The summed E-state index contributed by atoms with van der Waals surface area (Å²) in [6.45, 7) is 2.92. The fourth-order valence-corrected chi connectivity index (χ4v) is 4.61. The zero-order valence-corrected chi connectivity index (χ0v) is 20.4. The lowest BCUT2D eigenvalue weighted by molar-refractivity contribution is 0.0663. The van der Waals surface area contributed by atoms with Gasteiger partial charge in [0.15, 0.2) is 16.9 Å². The van der Waals surface area contributed by atoms with E-state index >= 15 is 0 Å². The molecule has 0 saturated carbocycles. The van der Waals surface area contributed by atoms with Gasteiger partial charge in [-0.15, -0.1) is 0 Å². The van der Waals surface area contributed by atoms with E-state index in [1.165, 1.54) is 0 Å². The molecule has 0 aliphatic carbocycles. The first-order valence-electron chi connectivity index (χ1n) is 11.7. The third-order valence-electron chi connectivity index (χ3n) is 6.40. The van der Waals surface area contributed by atoms with E-state index < -0.39 is 6.04 Å². The van der Waals surface area contributed by atoms with E-state index in [0.717, 1.165) is 16.7 Å². The van der Waals surface area contributed by atoms with E-state index in [1.54, 1.807) is 37.3 Å². The zero-order valence-electron chi connectivity index (χ0n) is 20.4. The van der Waals surface area contributed by atoms with Crippen LogP contribution in [0.25, 0.3) is 11.0 Å². The average molecular weight is 486 g/mol. The first kappa shape index (κ1) is 23.6. The quantitative estimate of drug-likeness (QED) is 0.354. The molecule has 2 heterocycles. The number of carbonyl (C=O) groups is 1. The SMILES string of the molecule is COCCN1C(=O)c2oc3ccc(C)cc3c(=O)c2C1c1ccc(OCc2ccccc2)c(OC)c1. The molecule has 1 aromatic heterocycles. The van der Waals surface area contributed by atoms with E-state index in [9.17, 15) is 9.59 Å². The molecule has 36 heavy (non-hydrogen) atoms. The smallest absolute Gasteiger partial charge is 0.290 e. The second kappa shape index (κ2) is 9.87. The van der Waals surface area contributed by atoms with Crippen molar-refractivity contribution in [2.75, 3.05) is 27.4 Å². The van der Waals surface area contributed by atoms with Gasteiger partial charge in [0.1, 0.15) is 12.2 Å². The highest BCUT2D eigenvalue weighted by molar-refractivity contribution is 5.99. The third kappa shape index (κ3) is 4.22. The molecule has 5 rings (SSSR count). The van der Waals surface area contributed by atoms with Crippen molar-refractivity contribution in [3.05, 3.63) is 105 Å². The van der Waals surface area contributed by atoms with Crippen molar-refractivity contribution in [2.24, 2.45) is 0 Å². The minimum atomic E-state index is -0.638. The first-order chi connectivity index (χ1) is 17.5. The third-order valence-corrected chi connectivity index (χ3v) is 6.40. The van der Waals surface area contributed by atoms with Gasteiger partial charge in [-0.3, -0.25) is 9.59 Å². The molecule has 1 aliphatic heterocycles. The zero-order chi connectivity index (χ0) is 25.2. The second-order valence-corrected chi connectivity index (χ2v) is 8.75. The van der Waals surface area contributed by atoms with Crippen LogP contribution >= 0.6 is 0 Å². The van der Waals surface area contributed by atoms with Crippen LogP contribution in [0.5, 0.6) is 11.5 Å². The molecule has 4 aromatic rings. The molecule has 1 amide bonds. The monoisotopic (exact) mass is 485 g/mol. The summed E-state index contributed by atoms with van der Waals surface area (Å²) in [5.74, 6) is 0.812. The van der Waals surface area contributed by atoms with Crippen LogP contribution in [0.1, 0.15) is 38.9 Å². The molecule has 0 fully saturated rings. The number of nitrogens with zero attached hydrogens (tertiary/aromatic N) is 1. The molecule has 7 nitrogen and oxygen atoms in total. The van der Waals surface area contributed by atoms with Crippen LogP contribution in [-0.2, 0) is 11.3 Å². The Kier molecular flexibility index (Phi) is 6.48. The fraction of sp³-hybridized carbons (Fsp3) is 0.241. The summed E-state index contributed by atoms with van der Waals surface area (Å²) in [7, 11) is 3.14. The van der Waals surface area contributed by atoms with Crippen LogP contribution in [0, 0.1) is 6.92 Å². The Bertz CT molecular complexity index is 1480. The maximum atomic E-state index is 13.7. The van der Waals surface area contributed by atoms with Gasteiger partial charge in [-0.25, -0.2) is 0 Å². The number of methoxy groups -OCH3 is 2. The fourth-order valence-electron chi connectivity index (χ4n) is 4.61. The van der Waals surface area contributed by atoms with Crippen molar-refractivity contribution in [1.82, 2.24) is 4.90 Å². The molecular formula is C29H27NO6. The first-order valence-corrected chi connectivity index (χ1v) is 11.7. The van der Waals surface area contributed by atoms with Gasteiger partial charge in [0.05, 0.1) is 30.7 Å². The lowest BCUT2D eigenvalue weighted by atomic mass is 9.97. The minimum absolute atomic E-state index is 0.0702. The van der Waals surface area contributed by atoms with E-state index in [1.807, 2.05) is 55.5 Å². The van der Waals surface area contributed by atoms with E-state index in [4.69, 9.17) is 18.6 Å². The molecule has 0 radical (unpaired) electrons. The van der Waals surface area contributed by atoms with Gasteiger partial charge >= 0.3 is 0 Å². The Hall–Kier alpha value is -4.10. The Balaban J connectivity index is 1.58. The second-order valence-electron chi connectivity index (χ2n) is 8.75. The van der Waals surface area contributed by atoms with Crippen LogP contribution in [0.2, 0.25) is 0 Å². The molecule has 1 aliphatic rings. The van der Waals surface area contributed by atoms with Crippen molar-refractivity contribution >= 4 is 16.9 Å². The largest absolute Gasteiger partial charge is 0.493 e. The maximum Gasteiger partial charge on any atom is 0.290 e. The highest BCUT2D eigenvalue weighted by Crippen LogP contribution is 2.41. The number of ether oxygens (including phenoxy) is 3. The van der Waals surface area contributed by atoms with Crippen LogP contribution in [0.15, 0.2) is 75.9 Å². The Morgan fingerprint density at radius 2 is 1.75 bits per heavy atom. The lowest BCUT2D eigenvalue weighted by Crippen LogP contribution is -2.32. The average Bonchev–Trinajstić information content (AvgIpc) is 3.18. The Morgan fingerprint density at radius 1 is 0.944 bits per heavy atom. The number of carbonyl (C=O) groups excluding carboxylic acids is 1. The number of rotatable bonds is 8. The maximum absolute atomic E-state index is 13.7. The van der Waals surface area contributed by atoms with Gasteiger partial charge in [0.2, 0.25) is 5.76 Å². The van der Waals surface area contributed by atoms with Gasteiger partial charge in [-0.05, 0) is 42.3 Å². The van der Waals surface area contributed by atoms with Crippen LogP contribution in [0.4, 0.5) is 0 Å². The standard InChI is InChI=1S/C29H27NO6/c1-18-9-11-22-21(15-18)27(31)25-26(30(13-14-33-2)29(32)28(25)36-22)20-10-12-23(24(16-20)34-3)35-17-19-7-5-4-6-8-19/h4-12,15-16,26H,13-14,17H2,1-3H3. The molecule has 3 aromatic carbocycles. The molecule has 0 N–H and O–H groups in total. The number of hydrogen-bond donors (Lipinski definition) is 0.